The minimum absolute atomic E-state index is 0.0246. The first-order chi connectivity index (χ1) is 10.4. The smallest absolute Gasteiger partial charge is 0.305 e. The molecule has 0 bridgehead atoms. The topological polar surface area (TPSA) is 83.4 Å². The largest absolute Gasteiger partial charge is 0.481 e. The number of rotatable bonds is 8. The summed E-state index contributed by atoms with van der Waals surface area (Å²) in [6.45, 7) is 6.48. The Morgan fingerprint density at radius 2 is 1.77 bits per heavy atom. The molecule has 1 aromatic rings. The van der Waals surface area contributed by atoms with Crippen molar-refractivity contribution in [2.45, 2.75) is 45.2 Å². The molecule has 1 amide bonds. The fourth-order valence-corrected chi connectivity index (χ4v) is 2.70. The number of amides is 1. The molecule has 0 spiro atoms. The molecule has 0 aromatic carbocycles. The molecule has 6 nitrogen and oxygen atoms in total. The van der Waals surface area contributed by atoms with Gasteiger partial charge in [0.2, 0.25) is 5.91 Å². The lowest BCUT2D eigenvalue weighted by Crippen LogP contribution is -2.33. The van der Waals surface area contributed by atoms with Crippen molar-refractivity contribution in [3.05, 3.63) is 17.0 Å². The molecular weight excluding hydrogens is 302 g/mol. The van der Waals surface area contributed by atoms with Crippen LogP contribution in [0, 0.1) is 13.8 Å². The molecule has 1 rings (SSSR count). The van der Waals surface area contributed by atoms with Gasteiger partial charge in [0.15, 0.2) is 5.16 Å². The van der Waals surface area contributed by atoms with Crippen LogP contribution in [0.15, 0.2) is 5.16 Å². The number of nitrogens with zero attached hydrogens (tertiary/aromatic N) is 3. The van der Waals surface area contributed by atoms with Gasteiger partial charge in [-0.05, 0) is 39.0 Å². The number of carbonyl (C=O) groups excluding carboxylic acids is 1. The fraction of sp³-hybridized carbons (Fsp3) is 0.600. The highest BCUT2D eigenvalue weighted by Gasteiger charge is 2.15. The van der Waals surface area contributed by atoms with Gasteiger partial charge >= 0.3 is 5.97 Å². The molecule has 0 radical (unpaired) electrons. The minimum atomic E-state index is -0.890. The Morgan fingerprint density at radius 3 is 2.23 bits per heavy atom. The van der Waals surface area contributed by atoms with Crippen LogP contribution >= 0.6 is 11.8 Å². The quantitative estimate of drug-likeness (QED) is 0.582. The average Bonchev–Trinajstić information content (AvgIpc) is 2.46. The second-order valence-electron chi connectivity index (χ2n) is 4.98. The van der Waals surface area contributed by atoms with Gasteiger partial charge in [-0.3, -0.25) is 9.59 Å². The van der Waals surface area contributed by atoms with E-state index in [2.05, 4.69) is 9.97 Å². The number of hydrogen-bond acceptors (Lipinski definition) is 5. The number of thioether (sulfide) groups is 1. The van der Waals surface area contributed by atoms with E-state index >= 15 is 0 Å². The monoisotopic (exact) mass is 325 g/mol. The number of aromatic nitrogens is 2. The second-order valence-corrected chi connectivity index (χ2v) is 5.75. The molecule has 1 heterocycles. The third-order valence-corrected chi connectivity index (χ3v) is 4.05. The Bertz CT molecular complexity index is 526. The molecule has 0 aliphatic rings. The van der Waals surface area contributed by atoms with Gasteiger partial charge in [-0.2, -0.15) is 0 Å². The van der Waals surface area contributed by atoms with E-state index in [1.54, 1.807) is 4.90 Å². The van der Waals surface area contributed by atoms with E-state index in [0.717, 1.165) is 22.1 Å². The maximum Gasteiger partial charge on any atom is 0.305 e. The van der Waals surface area contributed by atoms with Gasteiger partial charge in [-0.25, -0.2) is 9.97 Å². The van der Waals surface area contributed by atoms with Gasteiger partial charge in [0, 0.05) is 30.9 Å². The highest BCUT2D eigenvalue weighted by molar-refractivity contribution is 7.98. The van der Waals surface area contributed by atoms with E-state index in [1.807, 2.05) is 27.0 Å². The third-order valence-electron chi connectivity index (χ3n) is 3.50. The predicted molar refractivity (Wildman–Crippen MR) is 86.1 cm³/mol. The summed E-state index contributed by atoms with van der Waals surface area (Å²) in [7, 11) is 0. The first-order valence-electron chi connectivity index (χ1n) is 7.26. The molecule has 1 N–H and O–H groups in total. The molecule has 0 saturated heterocycles. The lowest BCUT2D eigenvalue weighted by molar-refractivity contribution is -0.138. The van der Waals surface area contributed by atoms with Crippen molar-refractivity contribution < 1.29 is 14.7 Å². The first kappa shape index (κ1) is 18.4. The lowest BCUT2D eigenvalue weighted by Gasteiger charge is -2.20. The molecular formula is C15H23N3O3S. The van der Waals surface area contributed by atoms with Crippen molar-refractivity contribution in [2.24, 2.45) is 0 Å². The fourth-order valence-electron chi connectivity index (χ4n) is 2.24. The average molecular weight is 325 g/mol. The van der Waals surface area contributed by atoms with Crippen molar-refractivity contribution in [3.63, 3.8) is 0 Å². The number of carboxylic acid groups (broad SMARTS) is 1. The van der Waals surface area contributed by atoms with Crippen LogP contribution in [0.25, 0.3) is 0 Å². The van der Waals surface area contributed by atoms with E-state index in [0.29, 0.717) is 19.4 Å². The van der Waals surface area contributed by atoms with Crippen molar-refractivity contribution in [1.82, 2.24) is 14.9 Å². The Morgan fingerprint density at radius 1 is 1.18 bits per heavy atom. The summed E-state index contributed by atoms with van der Waals surface area (Å²) in [6, 6.07) is 0. The number of aliphatic carboxylic acids is 1. The van der Waals surface area contributed by atoms with Crippen molar-refractivity contribution in [2.75, 3.05) is 19.3 Å². The molecule has 0 aliphatic heterocycles. The number of aryl methyl sites for hydroxylation is 2. The van der Waals surface area contributed by atoms with Crippen LogP contribution in [0.2, 0.25) is 0 Å². The normalized spacial score (nSPS) is 10.5. The molecule has 22 heavy (non-hydrogen) atoms. The van der Waals surface area contributed by atoms with E-state index < -0.39 is 5.97 Å². The Labute approximate surface area is 135 Å². The van der Waals surface area contributed by atoms with Crippen molar-refractivity contribution >= 4 is 23.6 Å². The van der Waals surface area contributed by atoms with Gasteiger partial charge in [-0.1, -0.05) is 11.8 Å². The molecule has 0 fully saturated rings. The van der Waals surface area contributed by atoms with E-state index in [1.165, 1.54) is 11.8 Å². The van der Waals surface area contributed by atoms with Gasteiger partial charge in [0.05, 0.1) is 6.42 Å². The van der Waals surface area contributed by atoms with Crippen LogP contribution in [0.5, 0.6) is 0 Å². The Hall–Kier alpha value is -1.63. The van der Waals surface area contributed by atoms with Crippen LogP contribution in [-0.4, -0.2) is 51.2 Å². The van der Waals surface area contributed by atoms with Crippen molar-refractivity contribution in [1.29, 1.82) is 0 Å². The summed E-state index contributed by atoms with van der Waals surface area (Å²) < 4.78 is 0. The van der Waals surface area contributed by atoms with Crippen LogP contribution < -0.4 is 0 Å². The zero-order valence-electron chi connectivity index (χ0n) is 13.5. The molecule has 0 aliphatic carbocycles. The predicted octanol–water partition coefficient (Wildman–Crippen LogP) is 2.07. The maximum atomic E-state index is 12.2. The summed E-state index contributed by atoms with van der Waals surface area (Å²) >= 11 is 1.50. The van der Waals surface area contributed by atoms with Crippen LogP contribution in [0.4, 0.5) is 0 Å². The van der Waals surface area contributed by atoms with Crippen LogP contribution in [0.1, 0.15) is 36.7 Å². The SMILES string of the molecule is CCN(CCC(=O)O)C(=O)CCc1c(C)nc(SC)nc1C. The molecule has 1 aromatic heterocycles. The van der Waals surface area contributed by atoms with E-state index in [-0.39, 0.29) is 18.9 Å². The van der Waals surface area contributed by atoms with Gasteiger partial charge < -0.3 is 10.0 Å². The van der Waals surface area contributed by atoms with Crippen LogP contribution in [-0.2, 0) is 16.0 Å². The second kappa shape index (κ2) is 8.73. The lowest BCUT2D eigenvalue weighted by atomic mass is 10.1. The Balaban J connectivity index is 2.68. The number of carboxylic acids is 1. The molecule has 122 valence electrons. The van der Waals surface area contributed by atoms with Gasteiger partial charge in [-0.15, -0.1) is 0 Å². The first-order valence-corrected chi connectivity index (χ1v) is 8.49. The Kier molecular flexibility index (Phi) is 7.31. The molecule has 0 saturated carbocycles. The summed E-state index contributed by atoms with van der Waals surface area (Å²) in [4.78, 5) is 33.2. The standard InChI is InChI=1S/C15H23N3O3S/c1-5-18(9-8-14(20)21)13(19)7-6-12-10(2)16-15(22-4)17-11(12)3/h5-9H2,1-4H3,(H,20,21). The minimum Gasteiger partial charge on any atom is -0.481 e. The molecule has 0 unspecified atom stereocenters. The zero-order chi connectivity index (χ0) is 16.7. The van der Waals surface area contributed by atoms with E-state index in [4.69, 9.17) is 5.11 Å². The number of carbonyl (C=O) groups is 2. The van der Waals surface area contributed by atoms with Gasteiger partial charge in [0.1, 0.15) is 0 Å². The van der Waals surface area contributed by atoms with Crippen molar-refractivity contribution in [3.8, 4) is 0 Å². The highest BCUT2D eigenvalue weighted by Crippen LogP contribution is 2.17. The third kappa shape index (κ3) is 5.29. The summed E-state index contributed by atoms with van der Waals surface area (Å²) in [6.07, 6.45) is 2.83. The zero-order valence-corrected chi connectivity index (χ0v) is 14.4. The molecule has 0 atom stereocenters. The molecule has 7 heteroatoms. The maximum absolute atomic E-state index is 12.2. The summed E-state index contributed by atoms with van der Waals surface area (Å²) in [5.41, 5.74) is 2.80. The van der Waals surface area contributed by atoms with Gasteiger partial charge in [0.25, 0.3) is 0 Å². The summed E-state index contributed by atoms with van der Waals surface area (Å²) in [5, 5.41) is 9.45. The van der Waals surface area contributed by atoms with Crippen LogP contribution in [0.3, 0.4) is 0 Å². The number of hydrogen-bond donors (Lipinski definition) is 1. The van der Waals surface area contributed by atoms with E-state index in [9.17, 15) is 9.59 Å². The highest BCUT2D eigenvalue weighted by atomic mass is 32.2. The summed E-state index contributed by atoms with van der Waals surface area (Å²) in [5.74, 6) is -0.921.